The van der Waals surface area contributed by atoms with E-state index in [-0.39, 0.29) is 5.41 Å². The Morgan fingerprint density at radius 3 is 2.74 bits per heavy atom. The van der Waals surface area contributed by atoms with Gasteiger partial charge in [0.05, 0.1) is 18.8 Å². The maximum absolute atomic E-state index is 10.7. The molecule has 2 fully saturated rings. The van der Waals surface area contributed by atoms with E-state index in [4.69, 9.17) is 4.74 Å². The fraction of sp³-hybridized carbons (Fsp3) is 0.700. The highest BCUT2D eigenvalue weighted by molar-refractivity contribution is 5.40. The van der Waals surface area contributed by atoms with Crippen molar-refractivity contribution in [2.75, 3.05) is 7.11 Å². The molecule has 0 bridgehead atoms. The van der Waals surface area contributed by atoms with Crippen LogP contribution >= 0.6 is 0 Å². The lowest BCUT2D eigenvalue weighted by Gasteiger charge is -2.50. The van der Waals surface area contributed by atoms with Crippen LogP contribution in [0.1, 0.15) is 56.6 Å². The maximum atomic E-state index is 10.7. The van der Waals surface area contributed by atoms with Crippen molar-refractivity contribution in [2.24, 2.45) is 17.3 Å². The lowest BCUT2D eigenvalue weighted by Crippen LogP contribution is -2.46. The van der Waals surface area contributed by atoms with E-state index < -0.39 is 11.7 Å². The zero-order chi connectivity index (χ0) is 16.4. The van der Waals surface area contributed by atoms with Crippen LogP contribution in [-0.2, 0) is 6.42 Å². The first-order valence-corrected chi connectivity index (χ1v) is 8.94. The molecule has 3 nitrogen and oxygen atoms in total. The number of rotatable bonds is 1. The van der Waals surface area contributed by atoms with E-state index in [2.05, 4.69) is 25.1 Å². The predicted molar refractivity (Wildman–Crippen MR) is 89.6 cm³/mol. The van der Waals surface area contributed by atoms with Crippen molar-refractivity contribution in [1.29, 1.82) is 0 Å². The highest BCUT2D eigenvalue weighted by atomic mass is 16.5. The molecule has 0 radical (unpaired) electrons. The third-order valence-corrected chi connectivity index (χ3v) is 7.22. The van der Waals surface area contributed by atoms with E-state index in [1.807, 2.05) is 6.92 Å². The van der Waals surface area contributed by atoms with Gasteiger partial charge in [-0.3, -0.25) is 0 Å². The Bertz CT molecular complexity index is 623. The molecule has 0 spiro atoms. The van der Waals surface area contributed by atoms with E-state index in [1.165, 1.54) is 11.1 Å². The summed E-state index contributed by atoms with van der Waals surface area (Å²) in [4.78, 5) is 0. The van der Waals surface area contributed by atoms with E-state index >= 15 is 0 Å². The molecule has 0 aliphatic heterocycles. The molecule has 3 heteroatoms. The molecule has 23 heavy (non-hydrogen) atoms. The first-order valence-electron chi connectivity index (χ1n) is 8.94. The molecule has 0 heterocycles. The van der Waals surface area contributed by atoms with Crippen LogP contribution in [0.25, 0.3) is 0 Å². The van der Waals surface area contributed by atoms with Crippen molar-refractivity contribution in [3.05, 3.63) is 29.3 Å². The summed E-state index contributed by atoms with van der Waals surface area (Å²) in [5.41, 5.74) is 1.84. The van der Waals surface area contributed by atoms with Crippen LogP contribution in [0.15, 0.2) is 18.2 Å². The van der Waals surface area contributed by atoms with Crippen LogP contribution in [0.5, 0.6) is 5.75 Å². The van der Waals surface area contributed by atoms with Gasteiger partial charge in [0.25, 0.3) is 0 Å². The minimum absolute atomic E-state index is 0.130. The number of methoxy groups -OCH3 is 1. The predicted octanol–water partition coefficient (Wildman–Crippen LogP) is 3.27. The Balaban J connectivity index is 1.70. The molecule has 6 atom stereocenters. The average molecular weight is 316 g/mol. The van der Waals surface area contributed by atoms with Gasteiger partial charge in [-0.15, -0.1) is 0 Å². The molecule has 2 saturated carbocycles. The Morgan fingerprint density at radius 1 is 1.22 bits per heavy atom. The van der Waals surface area contributed by atoms with Gasteiger partial charge in [0.15, 0.2) is 0 Å². The van der Waals surface area contributed by atoms with Crippen LogP contribution in [-0.4, -0.2) is 29.0 Å². The van der Waals surface area contributed by atoms with Gasteiger partial charge in [0, 0.05) is 0 Å². The minimum atomic E-state index is -0.936. The summed E-state index contributed by atoms with van der Waals surface area (Å²) < 4.78 is 5.38. The van der Waals surface area contributed by atoms with Crippen molar-refractivity contribution < 1.29 is 14.9 Å². The zero-order valence-corrected chi connectivity index (χ0v) is 14.4. The second-order valence-electron chi connectivity index (χ2n) is 8.49. The molecular weight excluding hydrogens is 288 g/mol. The van der Waals surface area contributed by atoms with E-state index in [1.54, 1.807) is 7.11 Å². The van der Waals surface area contributed by atoms with Gasteiger partial charge in [-0.05, 0) is 85.5 Å². The third-order valence-electron chi connectivity index (χ3n) is 7.22. The molecule has 3 aliphatic carbocycles. The van der Waals surface area contributed by atoms with Crippen LogP contribution in [0.3, 0.4) is 0 Å². The molecule has 2 N–H and O–H groups in total. The third kappa shape index (κ3) is 2.09. The lowest BCUT2D eigenvalue weighted by atomic mass is 9.55. The Labute approximate surface area is 138 Å². The number of fused-ring (bicyclic) bond motifs is 5. The van der Waals surface area contributed by atoms with Crippen molar-refractivity contribution in [3.8, 4) is 5.75 Å². The molecule has 0 amide bonds. The molecule has 0 aromatic heterocycles. The Kier molecular flexibility index (Phi) is 3.34. The number of hydrogen-bond donors (Lipinski definition) is 2. The van der Waals surface area contributed by atoms with E-state index in [0.717, 1.165) is 37.9 Å². The van der Waals surface area contributed by atoms with Gasteiger partial charge < -0.3 is 14.9 Å². The first-order chi connectivity index (χ1) is 10.9. The Morgan fingerprint density at radius 2 is 2.00 bits per heavy atom. The largest absolute Gasteiger partial charge is 0.497 e. The highest BCUT2D eigenvalue weighted by Gasteiger charge is 2.61. The number of aliphatic hydroxyl groups excluding tert-OH is 1. The number of ether oxygens (including phenoxy) is 1. The number of aliphatic hydroxyl groups is 2. The standard InChI is InChI=1S/C20H28O3/c1-19-9-8-15-14-7-5-13(23-3)10-12(14)4-6-16(15)17(19)11-20(2,22)18(19)21/h5,7,10,15-18,21-22H,4,6,8-9,11H2,1-3H3/t15-,16-,17+,18?,19+,20?/m1/s1. The maximum Gasteiger partial charge on any atom is 0.119 e. The molecule has 1 aromatic rings. The van der Waals surface area contributed by atoms with E-state index in [9.17, 15) is 10.2 Å². The summed E-state index contributed by atoms with van der Waals surface area (Å²) >= 11 is 0. The van der Waals surface area contributed by atoms with Crippen molar-refractivity contribution in [3.63, 3.8) is 0 Å². The van der Waals surface area contributed by atoms with Crippen LogP contribution in [0, 0.1) is 17.3 Å². The van der Waals surface area contributed by atoms with Crippen molar-refractivity contribution in [2.45, 2.75) is 63.6 Å². The normalized spacial score (nSPS) is 45.1. The molecule has 3 aliphatic rings. The van der Waals surface area contributed by atoms with Crippen LogP contribution < -0.4 is 4.74 Å². The highest BCUT2D eigenvalue weighted by Crippen LogP contribution is 2.63. The van der Waals surface area contributed by atoms with Gasteiger partial charge in [-0.25, -0.2) is 0 Å². The topological polar surface area (TPSA) is 49.7 Å². The number of benzene rings is 1. The van der Waals surface area contributed by atoms with Gasteiger partial charge in [0.2, 0.25) is 0 Å². The van der Waals surface area contributed by atoms with Gasteiger partial charge in [-0.1, -0.05) is 13.0 Å². The zero-order valence-electron chi connectivity index (χ0n) is 14.4. The fourth-order valence-electron chi connectivity index (χ4n) is 6.02. The SMILES string of the molecule is COc1ccc2c(c1)CC[C@@H]1[C@@H]2CC[C@]2(C)C(O)C(C)(O)C[C@@H]12. The second kappa shape index (κ2) is 4.97. The summed E-state index contributed by atoms with van der Waals surface area (Å²) in [5, 5.41) is 21.3. The summed E-state index contributed by atoms with van der Waals surface area (Å²) in [7, 11) is 1.72. The summed E-state index contributed by atoms with van der Waals surface area (Å²) in [6, 6.07) is 6.52. The van der Waals surface area contributed by atoms with E-state index in [0.29, 0.717) is 17.8 Å². The smallest absolute Gasteiger partial charge is 0.119 e. The molecule has 126 valence electrons. The molecule has 2 unspecified atom stereocenters. The van der Waals surface area contributed by atoms with Crippen molar-refractivity contribution in [1.82, 2.24) is 0 Å². The number of hydrogen-bond acceptors (Lipinski definition) is 3. The van der Waals surface area contributed by atoms with Crippen LogP contribution in [0.2, 0.25) is 0 Å². The lowest BCUT2D eigenvalue weighted by molar-refractivity contribution is -0.0903. The minimum Gasteiger partial charge on any atom is -0.497 e. The quantitative estimate of drug-likeness (QED) is 0.836. The molecule has 1 aromatic carbocycles. The van der Waals surface area contributed by atoms with Gasteiger partial charge >= 0.3 is 0 Å². The molecular formula is C20H28O3. The molecule has 4 rings (SSSR count). The summed E-state index contributed by atoms with van der Waals surface area (Å²) in [6.45, 7) is 4.02. The van der Waals surface area contributed by atoms with Crippen LogP contribution in [0.4, 0.5) is 0 Å². The monoisotopic (exact) mass is 316 g/mol. The second-order valence-corrected chi connectivity index (χ2v) is 8.49. The first kappa shape index (κ1) is 15.5. The van der Waals surface area contributed by atoms with Gasteiger partial charge in [0.1, 0.15) is 5.75 Å². The fourth-order valence-corrected chi connectivity index (χ4v) is 6.02. The average Bonchev–Trinajstić information content (AvgIpc) is 2.73. The summed E-state index contributed by atoms with van der Waals surface area (Å²) in [6.07, 6.45) is 4.49. The van der Waals surface area contributed by atoms with Crippen molar-refractivity contribution >= 4 is 0 Å². The van der Waals surface area contributed by atoms with Gasteiger partial charge in [-0.2, -0.15) is 0 Å². The number of aryl methyl sites for hydroxylation is 1. The Hall–Kier alpha value is -1.06. The molecule has 0 saturated heterocycles. The summed E-state index contributed by atoms with van der Waals surface area (Å²) in [5.74, 6) is 2.52.